The second kappa shape index (κ2) is 7.24. The van der Waals surface area contributed by atoms with Crippen molar-refractivity contribution in [2.75, 3.05) is 12.3 Å². The van der Waals surface area contributed by atoms with E-state index in [1.54, 1.807) is 24.3 Å². The van der Waals surface area contributed by atoms with E-state index in [9.17, 15) is 13.5 Å². The van der Waals surface area contributed by atoms with Crippen LogP contribution in [0.25, 0.3) is 0 Å². The average molecular weight is 306 g/mol. The summed E-state index contributed by atoms with van der Waals surface area (Å²) in [6, 6.07) is 6.89. The molecule has 0 spiro atoms. The van der Waals surface area contributed by atoms with Crippen LogP contribution < -0.4 is 5.32 Å². The molecule has 1 aromatic rings. The number of benzene rings is 1. The van der Waals surface area contributed by atoms with Crippen molar-refractivity contribution in [1.29, 1.82) is 0 Å². The fraction of sp³-hybridized carbons (Fsp3) is 0.538. The molecule has 0 aliphatic heterocycles. The van der Waals surface area contributed by atoms with E-state index in [0.29, 0.717) is 10.6 Å². The van der Waals surface area contributed by atoms with Gasteiger partial charge >= 0.3 is 0 Å². The highest BCUT2D eigenvalue weighted by Crippen LogP contribution is 2.12. The Balaban J connectivity index is 2.54. The SMILES string of the molecule is CC(C)NCC(O)CS(=O)(=O)Cc1ccc(Cl)cc1. The van der Waals surface area contributed by atoms with Gasteiger partial charge < -0.3 is 10.4 Å². The number of aliphatic hydroxyl groups is 1. The van der Waals surface area contributed by atoms with Crippen LogP contribution in [-0.2, 0) is 15.6 Å². The second-order valence-corrected chi connectivity index (χ2v) is 7.44. The largest absolute Gasteiger partial charge is 0.391 e. The predicted molar refractivity (Wildman–Crippen MR) is 78.1 cm³/mol. The normalized spacial score (nSPS) is 13.7. The van der Waals surface area contributed by atoms with Gasteiger partial charge in [0.25, 0.3) is 0 Å². The lowest BCUT2D eigenvalue weighted by molar-refractivity contribution is 0.190. The lowest BCUT2D eigenvalue weighted by Crippen LogP contribution is -2.36. The zero-order chi connectivity index (χ0) is 14.5. The molecule has 0 radical (unpaired) electrons. The molecule has 108 valence electrons. The number of aliphatic hydroxyl groups excluding tert-OH is 1. The monoisotopic (exact) mass is 305 g/mol. The van der Waals surface area contributed by atoms with Crippen LogP contribution in [0.3, 0.4) is 0 Å². The molecule has 1 rings (SSSR count). The van der Waals surface area contributed by atoms with Crippen molar-refractivity contribution >= 4 is 21.4 Å². The minimum atomic E-state index is -3.33. The van der Waals surface area contributed by atoms with Crippen LogP contribution >= 0.6 is 11.6 Å². The molecule has 2 N–H and O–H groups in total. The van der Waals surface area contributed by atoms with E-state index in [1.807, 2.05) is 13.8 Å². The van der Waals surface area contributed by atoms with Crippen LogP contribution in [0.4, 0.5) is 0 Å². The molecule has 1 unspecified atom stereocenters. The maximum absolute atomic E-state index is 11.9. The Morgan fingerprint density at radius 2 is 1.84 bits per heavy atom. The summed E-state index contributed by atoms with van der Waals surface area (Å²) in [6.45, 7) is 4.15. The van der Waals surface area contributed by atoms with Crippen LogP contribution in [0.15, 0.2) is 24.3 Å². The Labute approximate surface area is 119 Å². The quantitative estimate of drug-likeness (QED) is 0.803. The third-order valence-electron chi connectivity index (χ3n) is 2.51. The van der Waals surface area contributed by atoms with Gasteiger partial charge in [-0.2, -0.15) is 0 Å². The first-order valence-electron chi connectivity index (χ1n) is 6.15. The van der Waals surface area contributed by atoms with Gasteiger partial charge in [-0.15, -0.1) is 0 Å². The van der Waals surface area contributed by atoms with Gasteiger partial charge in [0.1, 0.15) is 0 Å². The summed E-state index contributed by atoms with van der Waals surface area (Å²) >= 11 is 5.74. The number of halogens is 1. The summed E-state index contributed by atoms with van der Waals surface area (Å²) in [4.78, 5) is 0. The molecule has 0 heterocycles. The van der Waals surface area contributed by atoms with Gasteiger partial charge in [-0.3, -0.25) is 0 Å². The summed E-state index contributed by atoms with van der Waals surface area (Å²) in [5.74, 6) is -0.321. The van der Waals surface area contributed by atoms with Gasteiger partial charge in [-0.1, -0.05) is 37.6 Å². The summed E-state index contributed by atoms with van der Waals surface area (Å²) < 4.78 is 23.8. The Bertz CT molecular complexity index is 485. The first-order valence-corrected chi connectivity index (χ1v) is 8.35. The first-order chi connectivity index (χ1) is 8.78. The number of rotatable bonds is 7. The Kier molecular flexibility index (Phi) is 6.26. The topological polar surface area (TPSA) is 66.4 Å². The second-order valence-electron chi connectivity index (χ2n) is 4.90. The fourth-order valence-corrected chi connectivity index (χ4v) is 3.27. The van der Waals surface area contributed by atoms with Crippen molar-refractivity contribution < 1.29 is 13.5 Å². The van der Waals surface area contributed by atoms with Gasteiger partial charge in [-0.05, 0) is 17.7 Å². The van der Waals surface area contributed by atoms with Gasteiger partial charge in [0.05, 0.1) is 17.6 Å². The molecule has 0 aromatic heterocycles. The highest BCUT2D eigenvalue weighted by Gasteiger charge is 2.18. The molecule has 0 bridgehead atoms. The zero-order valence-corrected chi connectivity index (χ0v) is 12.7. The molecule has 4 nitrogen and oxygen atoms in total. The van der Waals surface area contributed by atoms with E-state index in [2.05, 4.69) is 5.32 Å². The molecular weight excluding hydrogens is 286 g/mol. The average Bonchev–Trinajstić information content (AvgIpc) is 2.28. The van der Waals surface area contributed by atoms with Crippen LogP contribution in [0.5, 0.6) is 0 Å². The highest BCUT2D eigenvalue weighted by atomic mass is 35.5. The number of hydrogen-bond donors (Lipinski definition) is 2. The van der Waals surface area contributed by atoms with E-state index in [1.165, 1.54) is 0 Å². The van der Waals surface area contributed by atoms with E-state index in [0.717, 1.165) is 0 Å². The lowest BCUT2D eigenvalue weighted by atomic mass is 10.2. The molecule has 0 aliphatic carbocycles. The molecule has 6 heteroatoms. The Hall–Kier alpha value is -0.620. The third-order valence-corrected chi connectivity index (χ3v) is 4.43. The smallest absolute Gasteiger partial charge is 0.157 e. The van der Waals surface area contributed by atoms with Gasteiger partial charge in [-0.25, -0.2) is 8.42 Å². The molecule has 0 saturated carbocycles. The Morgan fingerprint density at radius 3 is 2.37 bits per heavy atom. The van der Waals surface area contributed by atoms with E-state index >= 15 is 0 Å². The van der Waals surface area contributed by atoms with Crippen molar-refractivity contribution in [3.8, 4) is 0 Å². The molecular formula is C13H20ClNO3S. The van der Waals surface area contributed by atoms with Crippen molar-refractivity contribution in [1.82, 2.24) is 5.32 Å². The minimum absolute atomic E-state index is 0.0804. The van der Waals surface area contributed by atoms with Gasteiger partial charge in [0.15, 0.2) is 9.84 Å². The number of hydrogen-bond acceptors (Lipinski definition) is 4. The lowest BCUT2D eigenvalue weighted by Gasteiger charge is -2.14. The van der Waals surface area contributed by atoms with E-state index in [-0.39, 0.29) is 24.1 Å². The van der Waals surface area contributed by atoms with Crippen molar-refractivity contribution in [2.24, 2.45) is 0 Å². The molecule has 0 saturated heterocycles. The molecule has 19 heavy (non-hydrogen) atoms. The highest BCUT2D eigenvalue weighted by molar-refractivity contribution is 7.90. The zero-order valence-electron chi connectivity index (χ0n) is 11.1. The standard InChI is InChI=1S/C13H20ClNO3S/c1-10(2)15-7-13(16)9-19(17,18)8-11-3-5-12(14)6-4-11/h3-6,10,13,15-16H,7-9H2,1-2H3. The Morgan fingerprint density at radius 1 is 1.26 bits per heavy atom. The van der Waals surface area contributed by atoms with Crippen molar-refractivity contribution in [2.45, 2.75) is 31.7 Å². The number of nitrogens with one attached hydrogen (secondary N) is 1. The van der Waals surface area contributed by atoms with Crippen molar-refractivity contribution in [3.63, 3.8) is 0 Å². The summed E-state index contributed by atoms with van der Waals surface area (Å²) in [5.41, 5.74) is 0.674. The molecule has 0 aliphatic rings. The summed E-state index contributed by atoms with van der Waals surface area (Å²) in [7, 11) is -3.33. The maximum atomic E-state index is 11.9. The summed E-state index contributed by atoms with van der Waals surface area (Å²) in [5, 5.41) is 13.3. The predicted octanol–water partition coefficient (Wildman–Crippen LogP) is 1.61. The minimum Gasteiger partial charge on any atom is -0.391 e. The molecule has 0 amide bonds. The molecule has 1 atom stereocenters. The van der Waals surface area contributed by atoms with Crippen LogP contribution in [-0.4, -0.2) is 38.0 Å². The van der Waals surface area contributed by atoms with Crippen LogP contribution in [0.2, 0.25) is 5.02 Å². The van der Waals surface area contributed by atoms with E-state index < -0.39 is 15.9 Å². The van der Waals surface area contributed by atoms with Gasteiger partial charge in [0, 0.05) is 17.6 Å². The van der Waals surface area contributed by atoms with E-state index in [4.69, 9.17) is 11.6 Å². The van der Waals surface area contributed by atoms with Gasteiger partial charge in [0.2, 0.25) is 0 Å². The molecule has 0 fully saturated rings. The fourth-order valence-electron chi connectivity index (χ4n) is 1.62. The van der Waals surface area contributed by atoms with Crippen molar-refractivity contribution in [3.05, 3.63) is 34.9 Å². The maximum Gasteiger partial charge on any atom is 0.157 e. The first kappa shape index (κ1) is 16.4. The molecule has 1 aromatic carbocycles. The van der Waals surface area contributed by atoms with Crippen LogP contribution in [0.1, 0.15) is 19.4 Å². The number of sulfone groups is 1. The van der Waals surface area contributed by atoms with Crippen LogP contribution in [0, 0.1) is 0 Å². The third kappa shape index (κ3) is 6.92. The summed E-state index contributed by atoms with van der Waals surface area (Å²) in [6.07, 6.45) is -0.889.